The van der Waals surface area contributed by atoms with Gasteiger partial charge < -0.3 is 5.32 Å². The topological polar surface area (TPSA) is 52.9 Å². The Kier molecular flexibility index (Phi) is 4.13. The fraction of sp³-hybridized carbons (Fsp3) is 0.364. The van der Waals surface area contributed by atoms with Gasteiger partial charge in [0.15, 0.2) is 0 Å². The van der Waals surface area contributed by atoms with Gasteiger partial charge in [-0.1, -0.05) is 18.2 Å². The highest BCUT2D eigenvalue weighted by molar-refractivity contribution is 5.94. The Morgan fingerprint density at radius 1 is 1.43 bits per heavy atom. The van der Waals surface area contributed by atoms with Gasteiger partial charge in [-0.15, -0.1) is 0 Å². The monoisotopic (exact) mass is 191 g/mol. The molecule has 0 saturated heterocycles. The second-order valence-corrected chi connectivity index (χ2v) is 3.31. The van der Waals surface area contributed by atoms with E-state index in [1.54, 1.807) is 12.1 Å². The molecule has 1 atom stereocenters. The van der Waals surface area contributed by atoms with Crippen LogP contribution in [0.5, 0.6) is 0 Å². The predicted molar refractivity (Wildman–Crippen MR) is 56.0 cm³/mol. The van der Waals surface area contributed by atoms with E-state index in [-0.39, 0.29) is 11.9 Å². The molecule has 75 valence electrons. The second-order valence-electron chi connectivity index (χ2n) is 3.31. The minimum atomic E-state index is -0.119. The summed E-state index contributed by atoms with van der Waals surface area (Å²) in [4.78, 5) is 11.5. The van der Waals surface area contributed by atoms with Crippen molar-refractivity contribution in [1.82, 2.24) is 11.1 Å². The van der Waals surface area contributed by atoms with Crippen molar-refractivity contribution in [2.24, 2.45) is 0 Å². The summed E-state index contributed by atoms with van der Waals surface area (Å²) in [5.41, 5.74) is 7.95. The third kappa shape index (κ3) is 3.58. The van der Waals surface area contributed by atoms with Crippen LogP contribution in [0, 0.1) is 0 Å². The van der Waals surface area contributed by atoms with Gasteiger partial charge in [-0.05, 0) is 25.5 Å². The number of hydrogen-bond acceptors (Lipinski definition) is 1. The molecule has 0 spiro atoms. The van der Waals surface area contributed by atoms with Gasteiger partial charge in [0.2, 0.25) is 0 Å². The number of amides is 1. The maximum atomic E-state index is 11.5. The van der Waals surface area contributed by atoms with Gasteiger partial charge in [-0.3, -0.25) is 10.5 Å². The molecule has 1 unspecified atom stereocenters. The smallest absolute Gasteiger partial charge is 0.251 e. The Labute approximate surface area is 84.3 Å². The quantitative estimate of drug-likeness (QED) is 0.770. The summed E-state index contributed by atoms with van der Waals surface area (Å²) in [6.45, 7) is 2.38. The average molecular weight is 191 g/mol. The van der Waals surface area contributed by atoms with Crippen molar-refractivity contribution < 1.29 is 4.79 Å². The Hall–Kier alpha value is -1.35. The zero-order chi connectivity index (χ0) is 10.4. The Bertz CT molecular complexity index is 283. The summed E-state index contributed by atoms with van der Waals surface area (Å²) >= 11 is 0. The molecule has 0 heterocycles. The van der Waals surface area contributed by atoms with Crippen molar-refractivity contribution in [3.05, 3.63) is 35.9 Å². The van der Waals surface area contributed by atoms with Crippen LogP contribution in [0.25, 0.3) is 0 Å². The Morgan fingerprint density at radius 2 is 2.07 bits per heavy atom. The molecule has 0 fully saturated rings. The SMILES string of the molecule is CC([NH])CCNC(=O)c1ccccc1. The molecule has 0 saturated carbocycles. The Balaban J connectivity index is 2.36. The first-order valence-corrected chi connectivity index (χ1v) is 4.74. The van der Waals surface area contributed by atoms with Crippen LogP contribution in [0.3, 0.4) is 0 Å². The first kappa shape index (κ1) is 10.7. The maximum absolute atomic E-state index is 11.5. The lowest BCUT2D eigenvalue weighted by molar-refractivity contribution is 0.0952. The highest BCUT2D eigenvalue weighted by Crippen LogP contribution is 1.97. The molecule has 0 aliphatic carbocycles. The van der Waals surface area contributed by atoms with E-state index in [2.05, 4.69) is 5.32 Å². The normalized spacial score (nSPS) is 12.1. The van der Waals surface area contributed by atoms with Crippen LogP contribution < -0.4 is 11.1 Å². The van der Waals surface area contributed by atoms with Gasteiger partial charge in [-0.2, -0.15) is 0 Å². The molecule has 1 aromatic rings. The number of rotatable bonds is 4. The molecule has 0 aliphatic rings. The third-order valence-electron chi connectivity index (χ3n) is 1.90. The van der Waals surface area contributed by atoms with E-state index < -0.39 is 0 Å². The number of carbonyl (C=O) groups excluding carboxylic acids is 1. The van der Waals surface area contributed by atoms with Crippen LogP contribution in [-0.4, -0.2) is 18.5 Å². The fourth-order valence-electron chi connectivity index (χ4n) is 1.09. The van der Waals surface area contributed by atoms with Crippen molar-refractivity contribution in [1.29, 1.82) is 0 Å². The summed E-state index contributed by atoms with van der Waals surface area (Å²) < 4.78 is 0. The number of benzene rings is 1. The van der Waals surface area contributed by atoms with Crippen molar-refractivity contribution in [3.63, 3.8) is 0 Å². The molecule has 3 heteroatoms. The van der Waals surface area contributed by atoms with Crippen LogP contribution in [0.1, 0.15) is 23.7 Å². The predicted octanol–water partition coefficient (Wildman–Crippen LogP) is 1.48. The van der Waals surface area contributed by atoms with E-state index in [0.717, 1.165) is 0 Å². The number of hydrogen-bond donors (Lipinski definition) is 1. The molecular formula is C11H15N2O. The van der Waals surface area contributed by atoms with Gasteiger partial charge in [0, 0.05) is 18.2 Å². The van der Waals surface area contributed by atoms with Gasteiger partial charge in [0.05, 0.1) is 0 Å². The van der Waals surface area contributed by atoms with Crippen molar-refractivity contribution in [3.8, 4) is 0 Å². The molecular weight excluding hydrogens is 176 g/mol. The average Bonchev–Trinajstić information content (AvgIpc) is 2.18. The molecule has 0 aromatic heterocycles. The van der Waals surface area contributed by atoms with Gasteiger partial charge in [0.1, 0.15) is 0 Å². The molecule has 0 bridgehead atoms. The lowest BCUT2D eigenvalue weighted by Gasteiger charge is -2.06. The fourth-order valence-corrected chi connectivity index (χ4v) is 1.09. The lowest BCUT2D eigenvalue weighted by Crippen LogP contribution is -2.26. The largest absolute Gasteiger partial charge is 0.352 e. The highest BCUT2D eigenvalue weighted by Gasteiger charge is 2.03. The van der Waals surface area contributed by atoms with E-state index in [9.17, 15) is 4.79 Å². The molecule has 2 N–H and O–H groups in total. The number of nitrogens with one attached hydrogen (secondary N) is 2. The van der Waals surface area contributed by atoms with Crippen molar-refractivity contribution in [2.45, 2.75) is 19.4 Å². The minimum Gasteiger partial charge on any atom is -0.352 e. The maximum Gasteiger partial charge on any atom is 0.251 e. The Morgan fingerprint density at radius 3 is 2.64 bits per heavy atom. The lowest BCUT2D eigenvalue weighted by atomic mass is 10.2. The molecule has 1 aromatic carbocycles. The standard InChI is InChI=1S/C11H15N2O/c1-9(12)7-8-13-11(14)10-5-3-2-4-6-10/h2-6,9,12H,7-8H2,1H3,(H,13,14). The van der Waals surface area contributed by atoms with E-state index in [1.165, 1.54) is 0 Å². The molecule has 1 rings (SSSR count). The second kappa shape index (κ2) is 5.40. The first-order chi connectivity index (χ1) is 6.70. The summed E-state index contributed by atoms with van der Waals surface area (Å²) in [6.07, 6.45) is 0.693. The first-order valence-electron chi connectivity index (χ1n) is 4.74. The van der Waals surface area contributed by atoms with Gasteiger partial charge in [0.25, 0.3) is 5.91 Å². The summed E-state index contributed by atoms with van der Waals surface area (Å²) in [5, 5.41) is 2.77. The van der Waals surface area contributed by atoms with Crippen LogP contribution in [0.4, 0.5) is 0 Å². The molecule has 0 aliphatic heterocycles. The van der Waals surface area contributed by atoms with Crippen LogP contribution in [0.2, 0.25) is 0 Å². The van der Waals surface area contributed by atoms with Crippen LogP contribution in [0.15, 0.2) is 30.3 Å². The molecule has 14 heavy (non-hydrogen) atoms. The zero-order valence-electron chi connectivity index (χ0n) is 8.29. The zero-order valence-corrected chi connectivity index (χ0v) is 8.29. The van der Waals surface area contributed by atoms with Crippen molar-refractivity contribution in [2.75, 3.05) is 6.54 Å². The van der Waals surface area contributed by atoms with E-state index in [1.807, 2.05) is 25.1 Å². The van der Waals surface area contributed by atoms with Crippen LogP contribution in [-0.2, 0) is 0 Å². The van der Waals surface area contributed by atoms with E-state index >= 15 is 0 Å². The minimum absolute atomic E-state index is 0.0637. The summed E-state index contributed by atoms with van der Waals surface area (Å²) in [6, 6.07) is 8.98. The van der Waals surface area contributed by atoms with E-state index in [4.69, 9.17) is 5.73 Å². The summed E-state index contributed by atoms with van der Waals surface area (Å²) in [5.74, 6) is -0.0637. The van der Waals surface area contributed by atoms with Gasteiger partial charge >= 0.3 is 0 Å². The third-order valence-corrected chi connectivity index (χ3v) is 1.90. The molecule has 3 nitrogen and oxygen atoms in total. The highest BCUT2D eigenvalue weighted by atomic mass is 16.1. The van der Waals surface area contributed by atoms with Crippen LogP contribution >= 0.6 is 0 Å². The molecule has 1 radical (unpaired) electrons. The molecule has 1 amide bonds. The summed E-state index contributed by atoms with van der Waals surface area (Å²) in [7, 11) is 0. The van der Waals surface area contributed by atoms with E-state index in [0.29, 0.717) is 18.5 Å². The van der Waals surface area contributed by atoms with Gasteiger partial charge in [-0.25, -0.2) is 0 Å². The van der Waals surface area contributed by atoms with Crippen molar-refractivity contribution >= 4 is 5.91 Å². The number of carbonyl (C=O) groups is 1.